The van der Waals surface area contributed by atoms with Crippen LogP contribution in [0.4, 0.5) is 0 Å². The molecule has 1 unspecified atom stereocenters. The molecule has 5 heteroatoms. The van der Waals surface area contributed by atoms with Crippen LogP contribution >= 0.6 is 23.2 Å². The fourth-order valence-corrected chi connectivity index (χ4v) is 2.61. The van der Waals surface area contributed by atoms with E-state index in [0.717, 1.165) is 17.7 Å². The Balaban J connectivity index is 2.31. The van der Waals surface area contributed by atoms with E-state index in [0.29, 0.717) is 16.5 Å². The van der Waals surface area contributed by atoms with Crippen molar-refractivity contribution in [3.05, 3.63) is 63.4 Å². The Labute approximate surface area is 129 Å². The second-order valence-electron chi connectivity index (χ2n) is 4.56. The summed E-state index contributed by atoms with van der Waals surface area (Å²) in [6.07, 6.45) is 3.32. The summed E-state index contributed by atoms with van der Waals surface area (Å²) >= 11 is 12.2. The average Bonchev–Trinajstić information content (AvgIpc) is 2.48. The summed E-state index contributed by atoms with van der Waals surface area (Å²) in [5.41, 5.74) is 5.90. The van der Waals surface area contributed by atoms with Crippen LogP contribution in [0.5, 0.6) is 0 Å². The maximum absolute atomic E-state index is 6.21. The highest BCUT2D eigenvalue weighted by atomic mass is 35.5. The second kappa shape index (κ2) is 7.04. The van der Waals surface area contributed by atoms with E-state index < -0.39 is 0 Å². The van der Waals surface area contributed by atoms with Crippen molar-refractivity contribution in [3.8, 4) is 0 Å². The molecule has 0 amide bonds. The predicted molar refractivity (Wildman–Crippen MR) is 83.8 cm³/mol. The lowest BCUT2D eigenvalue weighted by Gasteiger charge is -2.19. The van der Waals surface area contributed by atoms with Gasteiger partial charge >= 0.3 is 0 Å². The molecule has 0 radical (unpaired) electrons. The van der Waals surface area contributed by atoms with Gasteiger partial charge < -0.3 is 0 Å². The normalized spacial score (nSPS) is 12.4. The van der Waals surface area contributed by atoms with Crippen LogP contribution in [0.25, 0.3) is 0 Å². The molecule has 0 aliphatic rings. The first-order chi connectivity index (χ1) is 9.65. The van der Waals surface area contributed by atoms with Crippen molar-refractivity contribution >= 4 is 23.2 Å². The summed E-state index contributed by atoms with van der Waals surface area (Å²) < 4.78 is 0. The van der Waals surface area contributed by atoms with E-state index in [1.54, 1.807) is 18.3 Å². The maximum atomic E-state index is 6.21. The summed E-state index contributed by atoms with van der Waals surface area (Å²) in [6.45, 7) is 2.10. The van der Waals surface area contributed by atoms with Gasteiger partial charge in [-0.3, -0.25) is 16.3 Å². The summed E-state index contributed by atoms with van der Waals surface area (Å²) in [6, 6.07) is 9.34. The molecule has 20 heavy (non-hydrogen) atoms. The molecule has 2 rings (SSSR count). The van der Waals surface area contributed by atoms with Crippen LogP contribution in [-0.2, 0) is 12.8 Å². The van der Waals surface area contributed by atoms with Crippen molar-refractivity contribution in [1.29, 1.82) is 0 Å². The number of hydrazine groups is 1. The van der Waals surface area contributed by atoms with Crippen molar-refractivity contribution in [1.82, 2.24) is 10.4 Å². The molecular weight excluding hydrogens is 293 g/mol. The van der Waals surface area contributed by atoms with Crippen LogP contribution in [0, 0.1) is 0 Å². The zero-order valence-electron chi connectivity index (χ0n) is 11.2. The smallest absolute Gasteiger partial charge is 0.0675 e. The molecular formula is C15H17Cl2N3. The molecule has 0 fully saturated rings. The first kappa shape index (κ1) is 15.3. The molecule has 106 valence electrons. The monoisotopic (exact) mass is 309 g/mol. The standard InChI is InChI=1S/C15H17Cl2N3/c1-2-10-4-3-7-19-15(10)14(20-18)9-11-8-12(16)5-6-13(11)17/h3-8,14,20H,2,9,18H2,1H3. The predicted octanol–water partition coefficient (Wildman–Crippen LogP) is 3.70. The molecule has 2 aromatic rings. The van der Waals surface area contributed by atoms with Gasteiger partial charge in [0.15, 0.2) is 0 Å². The van der Waals surface area contributed by atoms with Crippen molar-refractivity contribution < 1.29 is 0 Å². The quantitative estimate of drug-likeness (QED) is 0.654. The number of halogens is 2. The van der Waals surface area contributed by atoms with Gasteiger partial charge in [0.05, 0.1) is 11.7 Å². The minimum atomic E-state index is -0.0953. The van der Waals surface area contributed by atoms with Gasteiger partial charge in [-0.1, -0.05) is 36.2 Å². The number of nitrogens with one attached hydrogen (secondary N) is 1. The SMILES string of the molecule is CCc1cccnc1C(Cc1cc(Cl)ccc1Cl)NN. The molecule has 1 aromatic carbocycles. The molecule has 1 heterocycles. The average molecular weight is 310 g/mol. The first-order valence-corrected chi connectivity index (χ1v) is 7.25. The van der Waals surface area contributed by atoms with Crippen LogP contribution in [0.1, 0.15) is 29.8 Å². The molecule has 3 nitrogen and oxygen atoms in total. The molecule has 0 saturated carbocycles. The molecule has 0 spiro atoms. The van der Waals surface area contributed by atoms with Crippen molar-refractivity contribution in [3.63, 3.8) is 0 Å². The number of pyridine rings is 1. The molecule has 0 aliphatic carbocycles. The maximum Gasteiger partial charge on any atom is 0.0675 e. The van der Waals surface area contributed by atoms with Crippen LogP contribution in [0.15, 0.2) is 36.5 Å². The molecule has 3 N–H and O–H groups in total. The van der Waals surface area contributed by atoms with Gasteiger partial charge in [0, 0.05) is 16.2 Å². The van der Waals surface area contributed by atoms with Crippen LogP contribution < -0.4 is 11.3 Å². The number of hydrogen-bond donors (Lipinski definition) is 2. The summed E-state index contributed by atoms with van der Waals surface area (Å²) in [7, 11) is 0. The third kappa shape index (κ3) is 3.49. The summed E-state index contributed by atoms with van der Waals surface area (Å²) in [5, 5.41) is 1.35. The Morgan fingerprint density at radius 3 is 2.75 bits per heavy atom. The molecule has 0 saturated heterocycles. The van der Waals surface area contributed by atoms with Gasteiger partial charge in [0.1, 0.15) is 0 Å². The van der Waals surface area contributed by atoms with E-state index in [2.05, 4.69) is 23.4 Å². The van der Waals surface area contributed by atoms with Gasteiger partial charge in [-0.2, -0.15) is 0 Å². The fourth-order valence-electron chi connectivity index (χ4n) is 2.22. The largest absolute Gasteiger partial charge is 0.271 e. The lowest BCUT2D eigenvalue weighted by Crippen LogP contribution is -2.31. The number of nitrogens with two attached hydrogens (primary N) is 1. The Morgan fingerprint density at radius 2 is 2.05 bits per heavy atom. The van der Waals surface area contributed by atoms with E-state index in [1.165, 1.54) is 5.56 Å². The Kier molecular flexibility index (Phi) is 5.38. The van der Waals surface area contributed by atoms with Gasteiger partial charge in [-0.05, 0) is 48.2 Å². The van der Waals surface area contributed by atoms with E-state index in [-0.39, 0.29) is 6.04 Å². The van der Waals surface area contributed by atoms with E-state index in [4.69, 9.17) is 29.0 Å². The lowest BCUT2D eigenvalue weighted by atomic mass is 9.99. The van der Waals surface area contributed by atoms with Gasteiger partial charge in [0.2, 0.25) is 0 Å². The highest BCUT2D eigenvalue weighted by Gasteiger charge is 2.16. The molecule has 1 atom stereocenters. The molecule has 0 aliphatic heterocycles. The third-order valence-corrected chi connectivity index (χ3v) is 3.87. The molecule has 0 bridgehead atoms. The third-order valence-electron chi connectivity index (χ3n) is 3.27. The van der Waals surface area contributed by atoms with Gasteiger partial charge in [-0.25, -0.2) is 0 Å². The highest BCUT2D eigenvalue weighted by Crippen LogP contribution is 2.26. The summed E-state index contributed by atoms with van der Waals surface area (Å²) in [5.74, 6) is 5.70. The number of rotatable bonds is 5. The van der Waals surface area contributed by atoms with Gasteiger partial charge in [-0.15, -0.1) is 0 Å². The Bertz CT molecular complexity index is 587. The minimum absolute atomic E-state index is 0.0953. The van der Waals surface area contributed by atoms with Crippen molar-refractivity contribution in [2.24, 2.45) is 5.84 Å². The zero-order chi connectivity index (χ0) is 14.5. The van der Waals surface area contributed by atoms with Crippen molar-refractivity contribution in [2.75, 3.05) is 0 Å². The number of hydrogen-bond acceptors (Lipinski definition) is 3. The minimum Gasteiger partial charge on any atom is -0.271 e. The number of nitrogens with zero attached hydrogens (tertiary/aromatic N) is 1. The zero-order valence-corrected chi connectivity index (χ0v) is 12.7. The van der Waals surface area contributed by atoms with Crippen molar-refractivity contribution in [2.45, 2.75) is 25.8 Å². The highest BCUT2D eigenvalue weighted by molar-refractivity contribution is 6.33. The second-order valence-corrected chi connectivity index (χ2v) is 5.40. The Morgan fingerprint density at radius 1 is 1.25 bits per heavy atom. The van der Waals surface area contributed by atoms with Crippen LogP contribution in [0.3, 0.4) is 0 Å². The van der Waals surface area contributed by atoms with E-state index in [9.17, 15) is 0 Å². The number of aryl methyl sites for hydroxylation is 1. The van der Waals surface area contributed by atoms with E-state index >= 15 is 0 Å². The Hall–Kier alpha value is -1.13. The number of aromatic nitrogens is 1. The lowest BCUT2D eigenvalue weighted by molar-refractivity contribution is 0.533. The first-order valence-electron chi connectivity index (χ1n) is 6.49. The van der Waals surface area contributed by atoms with Crippen LogP contribution in [0.2, 0.25) is 10.0 Å². The fraction of sp³-hybridized carbons (Fsp3) is 0.267. The molecule has 1 aromatic heterocycles. The number of benzene rings is 1. The van der Waals surface area contributed by atoms with Crippen LogP contribution in [-0.4, -0.2) is 4.98 Å². The topological polar surface area (TPSA) is 50.9 Å². The van der Waals surface area contributed by atoms with Gasteiger partial charge in [0.25, 0.3) is 0 Å². The van der Waals surface area contributed by atoms with E-state index in [1.807, 2.05) is 12.1 Å². The summed E-state index contributed by atoms with van der Waals surface area (Å²) in [4.78, 5) is 4.45.